The predicted molar refractivity (Wildman–Crippen MR) is 138 cm³/mol. The normalized spacial score (nSPS) is 15.9. The monoisotopic (exact) mass is 473 g/mol. The summed E-state index contributed by atoms with van der Waals surface area (Å²) in [6, 6.07) is 17.1. The molecule has 0 N–H and O–H groups in total. The molecule has 2 aromatic carbocycles. The molecule has 0 unspecified atom stereocenters. The van der Waals surface area contributed by atoms with Gasteiger partial charge in [-0.2, -0.15) is 0 Å². The summed E-state index contributed by atoms with van der Waals surface area (Å²) in [5.41, 5.74) is 3.67. The number of carbonyl (C=O) groups excluding carboxylic acids is 1. The van der Waals surface area contributed by atoms with Crippen molar-refractivity contribution in [3.63, 3.8) is 0 Å². The second-order valence-corrected chi connectivity index (χ2v) is 9.09. The van der Waals surface area contributed by atoms with E-state index >= 15 is 0 Å². The summed E-state index contributed by atoms with van der Waals surface area (Å²) in [6.45, 7) is 3.80. The first-order valence-corrected chi connectivity index (χ1v) is 11.9. The summed E-state index contributed by atoms with van der Waals surface area (Å²) in [4.78, 5) is 33.6. The van der Waals surface area contributed by atoms with Gasteiger partial charge in [0.25, 0.3) is 5.56 Å². The molecule has 0 saturated heterocycles. The molecule has 174 valence electrons. The quantitative estimate of drug-likeness (QED) is 0.514. The van der Waals surface area contributed by atoms with Crippen LogP contribution in [0.3, 0.4) is 0 Å². The predicted octanol–water partition coefficient (Wildman–Crippen LogP) is 3.53. The maximum Gasteiger partial charge on any atom is 0.338 e. The highest BCUT2D eigenvalue weighted by Crippen LogP contribution is 2.31. The highest BCUT2D eigenvalue weighted by atomic mass is 32.1. The van der Waals surface area contributed by atoms with Crippen molar-refractivity contribution in [1.29, 1.82) is 0 Å². The fraction of sp³-hybridized carbons (Fsp3) is 0.222. The van der Waals surface area contributed by atoms with Crippen LogP contribution >= 0.6 is 11.3 Å². The van der Waals surface area contributed by atoms with Crippen LogP contribution < -0.4 is 19.8 Å². The molecule has 7 heteroatoms. The molecule has 4 rings (SSSR count). The lowest BCUT2D eigenvalue weighted by atomic mass is 9.95. The zero-order chi connectivity index (χ0) is 24.2. The molecule has 1 aromatic heterocycles. The van der Waals surface area contributed by atoms with Crippen molar-refractivity contribution in [3.05, 3.63) is 103 Å². The van der Waals surface area contributed by atoms with E-state index < -0.39 is 12.0 Å². The third kappa shape index (κ3) is 4.65. The number of allylic oxidation sites excluding steroid dienone is 2. The summed E-state index contributed by atoms with van der Waals surface area (Å²) in [7, 11) is 3.93. The number of nitrogens with zero attached hydrogens (tertiary/aromatic N) is 3. The van der Waals surface area contributed by atoms with Crippen molar-refractivity contribution in [2.75, 3.05) is 25.6 Å². The zero-order valence-corrected chi connectivity index (χ0v) is 20.5. The minimum absolute atomic E-state index is 0.183. The Kier molecular flexibility index (Phi) is 6.93. The number of hydrogen-bond acceptors (Lipinski definition) is 6. The summed E-state index contributed by atoms with van der Waals surface area (Å²) in [5.74, 6) is -0.455. The van der Waals surface area contributed by atoms with Crippen LogP contribution in [0.1, 0.15) is 31.0 Å². The van der Waals surface area contributed by atoms with Crippen LogP contribution in [0, 0.1) is 0 Å². The number of esters is 1. The van der Waals surface area contributed by atoms with Crippen molar-refractivity contribution in [2.24, 2.45) is 4.99 Å². The molecule has 1 aliphatic heterocycles. The fourth-order valence-electron chi connectivity index (χ4n) is 3.89. The topological polar surface area (TPSA) is 63.9 Å². The molecule has 0 spiro atoms. The lowest BCUT2D eigenvalue weighted by Gasteiger charge is -2.25. The van der Waals surface area contributed by atoms with Gasteiger partial charge < -0.3 is 9.64 Å². The highest BCUT2D eigenvalue weighted by Gasteiger charge is 2.33. The number of aromatic nitrogens is 1. The van der Waals surface area contributed by atoms with Crippen LogP contribution in [-0.4, -0.2) is 31.2 Å². The molecule has 3 aromatic rings. The van der Waals surface area contributed by atoms with Crippen LogP contribution in [0.25, 0.3) is 12.2 Å². The van der Waals surface area contributed by atoms with Gasteiger partial charge in [-0.05, 0) is 43.2 Å². The van der Waals surface area contributed by atoms with Crippen molar-refractivity contribution >= 4 is 35.1 Å². The summed E-state index contributed by atoms with van der Waals surface area (Å²) < 4.78 is 7.51. The van der Waals surface area contributed by atoms with Gasteiger partial charge in [0.1, 0.15) is 0 Å². The number of rotatable bonds is 6. The van der Waals surface area contributed by atoms with Crippen LogP contribution in [0.4, 0.5) is 5.69 Å². The number of thiazole rings is 1. The smallest absolute Gasteiger partial charge is 0.338 e. The number of carbonyl (C=O) groups is 1. The molecule has 0 fully saturated rings. The first-order valence-electron chi connectivity index (χ1n) is 11.1. The van der Waals surface area contributed by atoms with Crippen LogP contribution in [0.15, 0.2) is 81.7 Å². The fourth-order valence-corrected chi connectivity index (χ4v) is 4.88. The average molecular weight is 474 g/mol. The maximum atomic E-state index is 13.5. The number of anilines is 1. The molecule has 1 aliphatic rings. The SMILES string of the molecule is CCOC(=O)C1=C(C)N=c2s/c(=C/C=C/c3ccccc3)c(=O)n2[C@H]1c1ccc(N(C)C)cc1. The zero-order valence-electron chi connectivity index (χ0n) is 19.7. The number of ether oxygens (including phenoxy) is 1. The average Bonchev–Trinajstić information content (AvgIpc) is 3.13. The Morgan fingerprint density at radius 2 is 1.85 bits per heavy atom. The Morgan fingerprint density at radius 3 is 2.50 bits per heavy atom. The van der Waals surface area contributed by atoms with E-state index in [9.17, 15) is 9.59 Å². The molecule has 0 radical (unpaired) electrons. The minimum Gasteiger partial charge on any atom is -0.463 e. The lowest BCUT2D eigenvalue weighted by molar-refractivity contribution is -0.139. The minimum atomic E-state index is -0.605. The molecule has 34 heavy (non-hydrogen) atoms. The molecule has 2 heterocycles. The highest BCUT2D eigenvalue weighted by molar-refractivity contribution is 7.07. The number of hydrogen-bond donors (Lipinski definition) is 0. The van der Waals surface area contributed by atoms with E-state index in [1.807, 2.05) is 85.7 Å². The molecule has 0 saturated carbocycles. The first-order chi connectivity index (χ1) is 16.4. The number of benzene rings is 2. The summed E-state index contributed by atoms with van der Waals surface area (Å²) >= 11 is 1.32. The van der Waals surface area contributed by atoms with Gasteiger partial charge in [-0.3, -0.25) is 9.36 Å². The van der Waals surface area contributed by atoms with E-state index in [1.165, 1.54) is 11.3 Å². The van der Waals surface area contributed by atoms with Gasteiger partial charge in [-0.25, -0.2) is 9.79 Å². The van der Waals surface area contributed by atoms with E-state index in [0.29, 0.717) is 20.6 Å². The van der Waals surface area contributed by atoms with Gasteiger partial charge in [0.15, 0.2) is 4.80 Å². The van der Waals surface area contributed by atoms with Gasteiger partial charge in [-0.15, -0.1) is 0 Å². The molecule has 0 aliphatic carbocycles. The van der Waals surface area contributed by atoms with Crippen molar-refractivity contribution < 1.29 is 9.53 Å². The van der Waals surface area contributed by atoms with Crippen molar-refractivity contribution in [1.82, 2.24) is 4.57 Å². The number of fused-ring (bicyclic) bond motifs is 1. The molecule has 0 amide bonds. The van der Waals surface area contributed by atoms with E-state index in [0.717, 1.165) is 16.8 Å². The van der Waals surface area contributed by atoms with Gasteiger partial charge >= 0.3 is 5.97 Å². The Hall–Kier alpha value is -3.71. The molecule has 6 nitrogen and oxygen atoms in total. The van der Waals surface area contributed by atoms with Crippen molar-refractivity contribution in [2.45, 2.75) is 19.9 Å². The van der Waals surface area contributed by atoms with Crippen molar-refractivity contribution in [3.8, 4) is 0 Å². The Labute approximate surface area is 202 Å². The van der Waals surface area contributed by atoms with Gasteiger partial charge in [0, 0.05) is 19.8 Å². The molecule has 1 atom stereocenters. The maximum absolute atomic E-state index is 13.5. The summed E-state index contributed by atoms with van der Waals surface area (Å²) in [5, 5.41) is 0. The Bertz CT molecular complexity index is 1430. The largest absolute Gasteiger partial charge is 0.463 e. The van der Waals surface area contributed by atoms with E-state index in [4.69, 9.17) is 4.74 Å². The standard InChI is InChI=1S/C27H27N3O3S/c1-5-33-26(32)23-18(2)28-27-30(24(23)20-14-16-21(17-15-20)29(3)4)25(31)22(34-27)13-9-12-19-10-7-6-8-11-19/h6-17,24H,5H2,1-4H3/b12-9+,22-13+/t24-/m0/s1. The van der Waals surface area contributed by atoms with Gasteiger partial charge in [0.05, 0.1) is 28.5 Å². The first kappa shape index (κ1) is 23.4. The lowest BCUT2D eigenvalue weighted by Crippen LogP contribution is -2.39. The Balaban J connectivity index is 1.85. The van der Waals surface area contributed by atoms with Crippen LogP contribution in [0.2, 0.25) is 0 Å². The second kappa shape index (κ2) is 10.1. The third-order valence-electron chi connectivity index (χ3n) is 5.58. The van der Waals surface area contributed by atoms with Gasteiger partial charge in [0.2, 0.25) is 0 Å². The van der Waals surface area contributed by atoms with Crippen LogP contribution in [0.5, 0.6) is 0 Å². The van der Waals surface area contributed by atoms with E-state index in [2.05, 4.69) is 4.99 Å². The Morgan fingerprint density at radius 1 is 1.15 bits per heavy atom. The van der Waals surface area contributed by atoms with E-state index in [1.54, 1.807) is 24.5 Å². The molecular formula is C27H27N3O3S. The van der Waals surface area contributed by atoms with E-state index in [-0.39, 0.29) is 12.2 Å². The molecule has 0 bridgehead atoms. The second-order valence-electron chi connectivity index (χ2n) is 8.08. The third-order valence-corrected chi connectivity index (χ3v) is 6.58. The molecular weight excluding hydrogens is 446 g/mol. The summed E-state index contributed by atoms with van der Waals surface area (Å²) in [6.07, 6.45) is 5.61. The van der Waals surface area contributed by atoms with Gasteiger partial charge in [-0.1, -0.05) is 66.0 Å². The van der Waals surface area contributed by atoms with Crippen LogP contribution in [-0.2, 0) is 9.53 Å².